The van der Waals surface area contributed by atoms with Crippen LogP contribution in [-0.4, -0.2) is 41.3 Å². The molecule has 0 unspecified atom stereocenters. The van der Waals surface area contributed by atoms with Gasteiger partial charge in [0, 0.05) is 23.9 Å². The van der Waals surface area contributed by atoms with Gasteiger partial charge in [-0.2, -0.15) is 0 Å². The van der Waals surface area contributed by atoms with Gasteiger partial charge in [0.05, 0.1) is 6.42 Å². The summed E-state index contributed by atoms with van der Waals surface area (Å²) in [4.78, 5) is 26.7. The maximum absolute atomic E-state index is 13.2. The Labute approximate surface area is 183 Å². The maximum atomic E-state index is 13.2. The fraction of sp³-hybridized carbons (Fsp3) is 0.462. The molecule has 5 nitrogen and oxygen atoms in total. The van der Waals surface area contributed by atoms with E-state index in [1.807, 2.05) is 29.2 Å². The lowest BCUT2D eigenvalue weighted by Crippen LogP contribution is -2.56. The van der Waals surface area contributed by atoms with Crippen molar-refractivity contribution >= 4 is 12.1 Å². The number of benzene rings is 2. The summed E-state index contributed by atoms with van der Waals surface area (Å²) >= 11 is 0. The third-order valence-electron chi connectivity index (χ3n) is 7.63. The molecule has 1 saturated heterocycles. The highest BCUT2D eigenvalue weighted by Crippen LogP contribution is 2.49. The van der Waals surface area contributed by atoms with Gasteiger partial charge in [-0.05, 0) is 47.9 Å². The Kier molecular flexibility index (Phi) is 5.20. The van der Waals surface area contributed by atoms with Gasteiger partial charge in [0.25, 0.3) is 0 Å². The Hall–Kier alpha value is -2.82. The van der Waals surface area contributed by atoms with Crippen LogP contribution in [0.3, 0.4) is 0 Å². The van der Waals surface area contributed by atoms with Crippen molar-refractivity contribution in [2.45, 2.75) is 56.9 Å². The lowest BCUT2D eigenvalue weighted by Gasteiger charge is -2.51. The number of carboxylic acid groups (broad SMARTS) is 1. The molecule has 0 bridgehead atoms. The van der Waals surface area contributed by atoms with E-state index in [-0.39, 0.29) is 29.9 Å². The van der Waals surface area contributed by atoms with Crippen molar-refractivity contribution in [3.63, 3.8) is 0 Å². The minimum absolute atomic E-state index is 0.0262. The van der Waals surface area contributed by atoms with Crippen molar-refractivity contribution in [2.24, 2.45) is 5.41 Å². The van der Waals surface area contributed by atoms with E-state index in [0.717, 1.165) is 38.5 Å². The van der Waals surface area contributed by atoms with Gasteiger partial charge in [0.2, 0.25) is 0 Å². The van der Waals surface area contributed by atoms with Crippen LogP contribution in [0.4, 0.5) is 4.79 Å². The summed E-state index contributed by atoms with van der Waals surface area (Å²) in [6.07, 6.45) is 5.43. The third-order valence-corrected chi connectivity index (χ3v) is 7.63. The van der Waals surface area contributed by atoms with Crippen LogP contribution in [0.15, 0.2) is 48.5 Å². The minimum atomic E-state index is -0.763. The Morgan fingerprint density at radius 3 is 2.29 bits per heavy atom. The second kappa shape index (κ2) is 8.03. The van der Waals surface area contributed by atoms with Gasteiger partial charge >= 0.3 is 12.1 Å². The van der Waals surface area contributed by atoms with Crippen LogP contribution in [0, 0.1) is 5.41 Å². The molecule has 31 heavy (non-hydrogen) atoms. The van der Waals surface area contributed by atoms with Crippen LogP contribution in [0.5, 0.6) is 0 Å². The molecule has 1 amide bonds. The number of nitrogens with zero attached hydrogens (tertiary/aromatic N) is 1. The quantitative estimate of drug-likeness (QED) is 0.717. The Morgan fingerprint density at radius 1 is 0.968 bits per heavy atom. The maximum Gasteiger partial charge on any atom is 0.410 e. The predicted molar refractivity (Wildman–Crippen MR) is 118 cm³/mol. The SMILES string of the molecule is O=C(O)C[C@]12CCCC[C@H]1N(C(=O)OCC1c3ccccc3-c3ccccc31)CCC2. The van der Waals surface area contributed by atoms with E-state index in [9.17, 15) is 14.7 Å². The molecule has 1 heterocycles. The van der Waals surface area contributed by atoms with Crippen LogP contribution < -0.4 is 0 Å². The Morgan fingerprint density at radius 2 is 1.61 bits per heavy atom. The highest BCUT2D eigenvalue weighted by atomic mass is 16.6. The number of piperidine rings is 1. The normalized spacial score (nSPS) is 24.8. The monoisotopic (exact) mass is 419 g/mol. The van der Waals surface area contributed by atoms with Crippen LogP contribution in [0.1, 0.15) is 62.0 Å². The van der Waals surface area contributed by atoms with Crippen molar-refractivity contribution in [1.82, 2.24) is 4.90 Å². The molecule has 5 rings (SSSR count). The lowest BCUT2D eigenvalue weighted by atomic mass is 9.63. The number of aliphatic carboxylic acids is 1. The molecule has 1 saturated carbocycles. The number of rotatable bonds is 4. The zero-order chi connectivity index (χ0) is 21.4. The highest BCUT2D eigenvalue weighted by Gasteiger charge is 2.49. The predicted octanol–water partition coefficient (Wildman–Crippen LogP) is 5.44. The summed E-state index contributed by atoms with van der Waals surface area (Å²) in [5.41, 5.74) is 4.53. The molecule has 2 fully saturated rings. The Balaban J connectivity index is 1.34. The number of amides is 1. The summed E-state index contributed by atoms with van der Waals surface area (Å²) < 4.78 is 5.92. The molecule has 0 radical (unpaired) electrons. The number of fused-ring (bicyclic) bond motifs is 4. The molecule has 1 aliphatic heterocycles. The molecular formula is C26H29NO4. The lowest BCUT2D eigenvalue weighted by molar-refractivity contribution is -0.143. The van der Waals surface area contributed by atoms with Crippen LogP contribution in [0.2, 0.25) is 0 Å². The molecule has 162 valence electrons. The zero-order valence-electron chi connectivity index (χ0n) is 17.8. The number of ether oxygens (including phenoxy) is 1. The summed E-state index contributed by atoms with van der Waals surface area (Å²) in [6, 6.07) is 16.6. The molecule has 2 aromatic rings. The molecule has 2 aliphatic carbocycles. The van der Waals surface area contributed by atoms with Crippen LogP contribution >= 0.6 is 0 Å². The fourth-order valence-corrected chi connectivity index (χ4v) is 6.31. The van der Waals surface area contributed by atoms with Crippen molar-refractivity contribution in [3.8, 4) is 11.1 Å². The van der Waals surface area contributed by atoms with E-state index < -0.39 is 5.97 Å². The summed E-state index contributed by atoms with van der Waals surface area (Å²) in [7, 11) is 0. The van der Waals surface area contributed by atoms with Gasteiger partial charge in [-0.1, -0.05) is 61.4 Å². The van der Waals surface area contributed by atoms with Gasteiger partial charge in [-0.15, -0.1) is 0 Å². The summed E-state index contributed by atoms with van der Waals surface area (Å²) in [6.45, 7) is 0.963. The fourth-order valence-electron chi connectivity index (χ4n) is 6.31. The molecule has 3 aliphatic rings. The summed E-state index contributed by atoms with van der Waals surface area (Å²) in [5.74, 6) is -0.724. The van der Waals surface area contributed by atoms with Gasteiger partial charge in [-0.3, -0.25) is 4.79 Å². The standard InChI is InChI=1S/C26H29NO4/c28-24(29)16-26-13-6-5-12-23(26)27(15-7-14-26)25(30)31-17-22-20-10-3-1-8-18(20)19-9-2-4-11-21(19)22/h1-4,8-11,22-23H,5-7,12-17H2,(H,28,29)/t23-,26-/m1/s1. The molecule has 5 heteroatoms. The first-order valence-corrected chi connectivity index (χ1v) is 11.4. The van der Waals surface area contributed by atoms with Crippen molar-refractivity contribution < 1.29 is 19.4 Å². The van der Waals surface area contributed by atoms with E-state index in [0.29, 0.717) is 13.2 Å². The van der Waals surface area contributed by atoms with Crippen LogP contribution in [0.25, 0.3) is 11.1 Å². The highest BCUT2D eigenvalue weighted by molar-refractivity contribution is 5.79. The van der Waals surface area contributed by atoms with Crippen molar-refractivity contribution in [1.29, 1.82) is 0 Å². The first-order chi connectivity index (χ1) is 15.1. The average Bonchev–Trinajstić information content (AvgIpc) is 3.10. The number of carbonyl (C=O) groups is 2. The zero-order valence-corrected chi connectivity index (χ0v) is 17.8. The molecule has 0 spiro atoms. The smallest absolute Gasteiger partial charge is 0.410 e. The van der Waals surface area contributed by atoms with Gasteiger partial charge in [-0.25, -0.2) is 4.79 Å². The molecule has 2 atom stereocenters. The van der Waals surface area contributed by atoms with E-state index in [4.69, 9.17) is 4.74 Å². The van der Waals surface area contributed by atoms with Gasteiger partial charge in [0.1, 0.15) is 6.61 Å². The van der Waals surface area contributed by atoms with Gasteiger partial charge < -0.3 is 14.7 Å². The second-order valence-electron chi connectivity index (χ2n) is 9.30. The van der Waals surface area contributed by atoms with Crippen molar-refractivity contribution in [3.05, 3.63) is 59.7 Å². The van der Waals surface area contributed by atoms with E-state index in [1.54, 1.807) is 0 Å². The topological polar surface area (TPSA) is 66.8 Å². The van der Waals surface area contributed by atoms with E-state index >= 15 is 0 Å². The van der Waals surface area contributed by atoms with E-state index in [2.05, 4.69) is 24.3 Å². The van der Waals surface area contributed by atoms with Crippen LogP contribution in [-0.2, 0) is 9.53 Å². The second-order valence-corrected chi connectivity index (χ2v) is 9.30. The molecule has 2 aromatic carbocycles. The minimum Gasteiger partial charge on any atom is -0.481 e. The number of hydrogen-bond donors (Lipinski definition) is 1. The molecule has 0 aromatic heterocycles. The number of likely N-dealkylation sites (tertiary alicyclic amines) is 1. The van der Waals surface area contributed by atoms with Gasteiger partial charge in [0.15, 0.2) is 0 Å². The first-order valence-electron chi connectivity index (χ1n) is 11.4. The van der Waals surface area contributed by atoms with Crippen molar-refractivity contribution in [2.75, 3.05) is 13.2 Å². The number of carboxylic acids is 1. The summed E-state index contributed by atoms with van der Waals surface area (Å²) in [5, 5.41) is 9.52. The number of carbonyl (C=O) groups excluding carboxylic acids is 1. The molecule has 1 N–H and O–H groups in total. The molecular weight excluding hydrogens is 390 g/mol. The Bertz CT molecular complexity index is 953. The number of hydrogen-bond acceptors (Lipinski definition) is 3. The first kappa shape index (κ1) is 20.1. The third kappa shape index (κ3) is 3.50. The van der Waals surface area contributed by atoms with E-state index in [1.165, 1.54) is 22.3 Å². The average molecular weight is 420 g/mol. The largest absolute Gasteiger partial charge is 0.481 e.